The van der Waals surface area contributed by atoms with E-state index in [2.05, 4.69) is 10.6 Å². The van der Waals surface area contributed by atoms with E-state index in [1.165, 1.54) is 7.11 Å². The molecule has 1 saturated heterocycles. The molecule has 0 aliphatic carbocycles. The van der Waals surface area contributed by atoms with Crippen LogP contribution in [-0.2, 0) is 20.7 Å². The number of carbonyl (C=O) groups excluding carboxylic acids is 2. The molecule has 6 heteroatoms. The minimum Gasteiger partial charge on any atom is -0.467 e. The Morgan fingerprint density at radius 1 is 1.41 bits per heavy atom. The molecule has 1 aliphatic rings. The highest BCUT2D eigenvalue weighted by Crippen LogP contribution is 2.11. The van der Waals surface area contributed by atoms with Gasteiger partial charge in [0.25, 0.3) is 0 Å². The van der Waals surface area contributed by atoms with Crippen LogP contribution in [0.25, 0.3) is 0 Å². The first kappa shape index (κ1) is 16.8. The highest BCUT2D eigenvalue weighted by atomic mass is 32.2. The van der Waals surface area contributed by atoms with Crippen molar-refractivity contribution in [3.63, 3.8) is 0 Å². The van der Waals surface area contributed by atoms with Gasteiger partial charge in [-0.3, -0.25) is 4.79 Å². The van der Waals surface area contributed by atoms with E-state index >= 15 is 0 Å². The summed E-state index contributed by atoms with van der Waals surface area (Å²) in [5, 5.41) is 6.12. The van der Waals surface area contributed by atoms with Gasteiger partial charge >= 0.3 is 5.97 Å². The summed E-state index contributed by atoms with van der Waals surface area (Å²) in [6, 6.07) is 9.14. The summed E-state index contributed by atoms with van der Waals surface area (Å²) in [7, 11) is 1.34. The topological polar surface area (TPSA) is 67.4 Å². The van der Waals surface area contributed by atoms with Crippen molar-refractivity contribution in [1.29, 1.82) is 0 Å². The van der Waals surface area contributed by atoms with Gasteiger partial charge in [-0.15, -0.1) is 0 Å². The number of hydrogen-bond acceptors (Lipinski definition) is 5. The maximum absolute atomic E-state index is 12.2. The summed E-state index contributed by atoms with van der Waals surface area (Å²) in [5.74, 6) is 1.47. The summed E-state index contributed by atoms with van der Waals surface area (Å²) >= 11 is 1.84. The lowest BCUT2D eigenvalue weighted by molar-refractivity contribution is -0.145. The van der Waals surface area contributed by atoms with Gasteiger partial charge in [0, 0.05) is 36.9 Å². The van der Waals surface area contributed by atoms with Crippen LogP contribution in [0.3, 0.4) is 0 Å². The van der Waals surface area contributed by atoms with Crippen LogP contribution in [-0.4, -0.2) is 49.1 Å². The van der Waals surface area contributed by atoms with E-state index in [0.29, 0.717) is 12.8 Å². The lowest BCUT2D eigenvalue weighted by Crippen LogP contribution is -2.47. The molecule has 0 bridgehead atoms. The third-order valence-electron chi connectivity index (χ3n) is 3.53. The van der Waals surface area contributed by atoms with Crippen molar-refractivity contribution in [2.75, 3.05) is 25.2 Å². The fraction of sp³-hybridized carbons (Fsp3) is 0.500. The van der Waals surface area contributed by atoms with Gasteiger partial charge in [-0.1, -0.05) is 30.3 Å². The van der Waals surface area contributed by atoms with Crippen molar-refractivity contribution in [3.8, 4) is 0 Å². The largest absolute Gasteiger partial charge is 0.467 e. The highest BCUT2D eigenvalue weighted by molar-refractivity contribution is 7.99. The molecular weight excluding hydrogens is 300 g/mol. The van der Waals surface area contributed by atoms with E-state index in [-0.39, 0.29) is 11.9 Å². The number of hydrogen-bond donors (Lipinski definition) is 2. The van der Waals surface area contributed by atoms with Crippen molar-refractivity contribution in [2.45, 2.75) is 24.9 Å². The van der Waals surface area contributed by atoms with Crippen LogP contribution in [0.2, 0.25) is 0 Å². The van der Waals surface area contributed by atoms with E-state index in [0.717, 1.165) is 23.6 Å². The fourth-order valence-electron chi connectivity index (χ4n) is 2.41. The molecule has 1 aliphatic heterocycles. The fourth-order valence-corrected chi connectivity index (χ4v) is 3.36. The zero-order valence-electron chi connectivity index (χ0n) is 12.7. The summed E-state index contributed by atoms with van der Waals surface area (Å²) < 4.78 is 4.80. The Kier molecular flexibility index (Phi) is 6.74. The van der Waals surface area contributed by atoms with Crippen LogP contribution < -0.4 is 10.6 Å². The van der Waals surface area contributed by atoms with Gasteiger partial charge in [-0.2, -0.15) is 11.8 Å². The number of amides is 1. The van der Waals surface area contributed by atoms with Crippen molar-refractivity contribution in [1.82, 2.24) is 10.6 Å². The second kappa shape index (κ2) is 8.80. The first-order valence-corrected chi connectivity index (χ1v) is 8.56. The molecule has 22 heavy (non-hydrogen) atoms. The molecule has 0 aromatic heterocycles. The molecule has 2 atom stereocenters. The minimum atomic E-state index is -0.642. The zero-order valence-corrected chi connectivity index (χ0v) is 13.5. The Labute approximate surface area is 135 Å². The standard InChI is InChI=1S/C16H22N2O3S/c1-21-16(20)14(9-12-5-3-2-4-6-12)18-15(19)10-13-11-22-8-7-17-13/h2-6,13-14,17H,7-11H2,1H3,(H,18,19). The van der Waals surface area contributed by atoms with Crippen molar-refractivity contribution in [2.24, 2.45) is 0 Å². The van der Waals surface area contributed by atoms with Gasteiger partial charge in [0.15, 0.2) is 0 Å². The van der Waals surface area contributed by atoms with Gasteiger partial charge in [0.05, 0.1) is 7.11 Å². The number of methoxy groups -OCH3 is 1. The Hall–Kier alpha value is -1.53. The molecule has 1 heterocycles. The molecule has 5 nitrogen and oxygen atoms in total. The average Bonchev–Trinajstić information content (AvgIpc) is 2.55. The van der Waals surface area contributed by atoms with Gasteiger partial charge in [-0.05, 0) is 5.56 Å². The monoisotopic (exact) mass is 322 g/mol. The zero-order chi connectivity index (χ0) is 15.8. The van der Waals surface area contributed by atoms with Gasteiger partial charge < -0.3 is 15.4 Å². The van der Waals surface area contributed by atoms with E-state index in [9.17, 15) is 9.59 Å². The Morgan fingerprint density at radius 3 is 2.82 bits per heavy atom. The molecule has 120 valence electrons. The van der Waals surface area contributed by atoms with Crippen LogP contribution in [0.5, 0.6) is 0 Å². The lowest BCUT2D eigenvalue weighted by atomic mass is 10.1. The molecule has 1 aromatic carbocycles. The number of carbonyl (C=O) groups is 2. The van der Waals surface area contributed by atoms with Crippen molar-refractivity contribution >= 4 is 23.6 Å². The second-order valence-electron chi connectivity index (χ2n) is 5.26. The predicted octanol–water partition coefficient (Wildman–Crippen LogP) is 0.982. The molecule has 2 unspecified atom stereocenters. The van der Waals surface area contributed by atoms with Gasteiger partial charge in [0.2, 0.25) is 5.91 Å². The smallest absolute Gasteiger partial charge is 0.328 e. The summed E-state index contributed by atoms with van der Waals surface area (Å²) in [6.45, 7) is 0.924. The second-order valence-corrected chi connectivity index (χ2v) is 6.41. The minimum absolute atomic E-state index is 0.119. The predicted molar refractivity (Wildman–Crippen MR) is 87.8 cm³/mol. The molecule has 1 aromatic rings. The van der Waals surface area contributed by atoms with Gasteiger partial charge in [-0.25, -0.2) is 4.79 Å². The molecule has 0 saturated carbocycles. The summed E-state index contributed by atoms with van der Waals surface area (Å²) in [4.78, 5) is 24.1. The molecule has 0 radical (unpaired) electrons. The summed E-state index contributed by atoms with van der Waals surface area (Å²) in [6.07, 6.45) is 0.821. The first-order chi connectivity index (χ1) is 10.7. The van der Waals surface area contributed by atoms with Crippen molar-refractivity contribution in [3.05, 3.63) is 35.9 Å². The molecule has 2 N–H and O–H groups in total. The number of ether oxygens (including phenoxy) is 1. The lowest BCUT2D eigenvalue weighted by Gasteiger charge is -2.24. The molecule has 1 fully saturated rings. The quantitative estimate of drug-likeness (QED) is 0.764. The number of rotatable bonds is 6. The number of thioether (sulfide) groups is 1. The SMILES string of the molecule is COC(=O)C(Cc1ccccc1)NC(=O)CC1CSCCN1. The Balaban J connectivity index is 1.91. The first-order valence-electron chi connectivity index (χ1n) is 7.41. The highest BCUT2D eigenvalue weighted by Gasteiger charge is 2.24. The molecule has 2 rings (SSSR count). The van der Waals surface area contributed by atoms with Crippen LogP contribution in [0, 0.1) is 0 Å². The Morgan fingerprint density at radius 2 is 2.18 bits per heavy atom. The van der Waals surface area contributed by atoms with Crippen LogP contribution >= 0.6 is 11.8 Å². The molecule has 1 amide bonds. The molecule has 0 spiro atoms. The normalized spacial score (nSPS) is 19.2. The third kappa shape index (κ3) is 5.35. The average molecular weight is 322 g/mol. The van der Waals surface area contributed by atoms with E-state index in [1.54, 1.807) is 0 Å². The van der Waals surface area contributed by atoms with Crippen LogP contribution in [0.15, 0.2) is 30.3 Å². The maximum Gasteiger partial charge on any atom is 0.328 e. The number of benzene rings is 1. The Bertz CT molecular complexity index is 489. The number of nitrogens with one attached hydrogen (secondary N) is 2. The third-order valence-corrected chi connectivity index (χ3v) is 4.66. The maximum atomic E-state index is 12.2. The van der Waals surface area contributed by atoms with Crippen LogP contribution in [0.1, 0.15) is 12.0 Å². The van der Waals surface area contributed by atoms with Crippen LogP contribution in [0.4, 0.5) is 0 Å². The van der Waals surface area contributed by atoms with E-state index in [4.69, 9.17) is 4.74 Å². The van der Waals surface area contributed by atoms with Gasteiger partial charge in [0.1, 0.15) is 6.04 Å². The number of esters is 1. The molecular formula is C16H22N2O3S. The van der Waals surface area contributed by atoms with E-state index < -0.39 is 12.0 Å². The summed E-state index contributed by atoms with van der Waals surface area (Å²) in [5.41, 5.74) is 0.990. The van der Waals surface area contributed by atoms with Crippen molar-refractivity contribution < 1.29 is 14.3 Å². The van der Waals surface area contributed by atoms with E-state index in [1.807, 2.05) is 42.1 Å².